The summed E-state index contributed by atoms with van der Waals surface area (Å²) < 4.78 is 0. The van der Waals surface area contributed by atoms with Crippen LogP contribution >= 0.6 is 0 Å². The van der Waals surface area contributed by atoms with Crippen molar-refractivity contribution in [2.24, 2.45) is 11.0 Å². The highest BCUT2D eigenvalue weighted by Crippen LogP contribution is 2.05. The van der Waals surface area contributed by atoms with Crippen molar-refractivity contribution in [1.82, 2.24) is 5.01 Å². The first-order valence-electron chi connectivity index (χ1n) is 3.35. The van der Waals surface area contributed by atoms with Crippen LogP contribution in [0.25, 0.3) is 0 Å². The lowest BCUT2D eigenvalue weighted by atomic mass is 10.2. The summed E-state index contributed by atoms with van der Waals surface area (Å²) in [7, 11) is 3.83. The third kappa shape index (κ3) is 2.05. The Morgan fingerprint density at radius 2 is 1.90 bits per heavy atom. The van der Waals surface area contributed by atoms with E-state index < -0.39 is 0 Å². The Hall–Kier alpha value is -1.05. The largest absolute Gasteiger partial charge is 0.303 e. The summed E-state index contributed by atoms with van der Waals surface area (Å²) in [6, 6.07) is 0. The Kier molecular flexibility index (Phi) is 2.26. The van der Waals surface area contributed by atoms with Gasteiger partial charge >= 0.3 is 0 Å². The molecule has 0 spiro atoms. The second-order valence-corrected chi connectivity index (χ2v) is 2.46. The molecular weight excluding hydrogens is 124 g/mol. The summed E-state index contributed by atoms with van der Waals surface area (Å²) in [6.07, 6.45) is 10.2. The SMILES string of the molecule is CN(C)/N=C/C1C=CC=C1. The molecule has 54 valence electrons. The van der Waals surface area contributed by atoms with Crippen molar-refractivity contribution < 1.29 is 0 Å². The lowest BCUT2D eigenvalue weighted by molar-refractivity contribution is 0.438. The molecular formula is C8H12N2. The van der Waals surface area contributed by atoms with Gasteiger partial charge in [-0.3, -0.25) is 0 Å². The van der Waals surface area contributed by atoms with Crippen LogP contribution in [0.15, 0.2) is 29.4 Å². The Morgan fingerprint density at radius 1 is 1.30 bits per heavy atom. The first kappa shape index (κ1) is 7.06. The van der Waals surface area contributed by atoms with Crippen LogP contribution in [0.5, 0.6) is 0 Å². The number of hydrazone groups is 1. The molecule has 0 aromatic carbocycles. The summed E-state index contributed by atoms with van der Waals surface area (Å²) in [4.78, 5) is 0. The van der Waals surface area contributed by atoms with E-state index in [-0.39, 0.29) is 0 Å². The van der Waals surface area contributed by atoms with Crippen LogP contribution in [0, 0.1) is 5.92 Å². The molecule has 0 amide bonds. The van der Waals surface area contributed by atoms with Crippen molar-refractivity contribution in [3.63, 3.8) is 0 Å². The smallest absolute Gasteiger partial charge is 0.0351 e. The summed E-state index contributed by atoms with van der Waals surface area (Å²) in [6.45, 7) is 0. The minimum absolute atomic E-state index is 0.405. The highest BCUT2D eigenvalue weighted by atomic mass is 15.4. The molecule has 0 saturated carbocycles. The fourth-order valence-electron chi connectivity index (χ4n) is 0.759. The molecule has 0 aromatic rings. The number of hydrogen-bond donors (Lipinski definition) is 0. The van der Waals surface area contributed by atoms with Crippen molar-refractivity contribution >= 4 is 6.21 Å². The summed E-state index contributed by atoms with van der Waals surface area (Å²) in [5.74, 6) is 0.405. The Bertz CT molecular complexity index is 166. The molecule has 1 aliphatic rings. The van der Waals surface area contributed by atoms with Crippen LogP contribution in [0.4, 0.5) is 0 Å². The molecule has 0 unspecified atom stereocenters. The molecule has 0 saturated heterocycles. The van der Waals surface area contributed by atoms with Gasteiger partial charge in [0.25, 0.3) is 0 Å². The lowest BCUT2D eigenvalue weighted by Gasteiger charge is -2.03. The molecule has 0 radical (unpaired) electrons. The van der Waals surface area contributed by atoms with Crippen LogP contribution in [0.1, 0.15) is 0 Å². The van der Waals surface area contributed by atoms with Crippen molar-refractivity contribution in [1.29, 1.82) is 0 Å². The second-order valence-electron chi connectivity index (χ2n) is 2.46. The predicted octanol–water partition coefficient (Wildman–Crippen LogP) is 1.28. The van der Waals surface area contributed by atoms with Crippen molar-refractivity contribution in [3.05, 3.63) is 24.3 Å². The van der Waals surface area contributed by atoms with E-state index in [0.29, 0.717) is 5.92 Å². The third-order valence-corrected chi connectivity index (χ3v) is 1.25. The van der Waals surface area contributed by atoms with E-state index in [2.05, 4.69) is 17.3 Å². The predicted molar refractivity (Wildman–Crippen MR) is 43.9 cm³/mol. The van der Waals surface area contributed by atoms with Crippen LogP contribution in [-0.2, 0) is 0 Å². The van der Waals surface area contributed by atoms with Gasteiger partial charge in [-0.2, -0.15) is 5.10 Å². The number of nitrogens with zero attached hydrogens (tertiary/aromatic N) is 2. The molecule has 2 nitrogen and oxygen atoms in total. The van der Waals surface area contributed by atoms with Gasteiger partial charge in [-0.1, -0.05) is 24.3 Å². The Balaban J connectivity index is 2.38. The molecule has 0 bridgehead atoms. The summed E-state index contributed by atoms with van der Waals surface area (Å²) in [5.41, 5.74) is 0. The summed E-state index contributed by atoms with van der Waals surface area (Å²) in [5, 5.41) is 5.90. The van der Waals surface area contributed by atoms with Crippen LogP contribution < -0.4 is 0 Å². The maximum atomic E-state index is 4.11. The normalized spacial score (nSPS) is 17.4. The van der Waals surface area contributed by atoms with Gasteiger partial charge in [0.2, 0.25) is 0 Å². The molecule has 0 atom stereocenters. The molecule has 0 aliphatic heterocycles. The molecule has 2 heteroatoms. The van der Waals surface area contributed by atoms with Gasteiger partial charge in [-0.25, -0.2) is 0 Å². The van der Waals surface area contributed by atoms with E-state index in [4.69, 9.17) is 0 Å². The van der Waals surface area contributed by atoms with Gasteiger partial charge in [0.1, 0.15) is 0 Å². The zero-order chi connectivity index (χ0) is 7.40. The Morgan fingerprint density at radius 3 is 2.40 bits per heavy atom. The van der Waals surface area contributed by atoms with Gasteiger partial charge in [-0.15, -0.1) is 0 Å². The molecule has 1 rings (SSSR count). The fourth-order valence-corrected chi connectivity index (χ4v) is 0.759. The van der Waals surface area contributed by atoms with E-state index >= 15 is 0 Å². The zero-order valence-electron chi connectivity index (χ0n) is 6.36. The quantitative estimate of drug-likeness (QED) is 0.412. The summed E-state index contributed by atoms with van der Waals surface area (Å²) >= 11 is 0. The molecule has 0 N–H and O–H groups in total. The number of allylic oxidation sites excluding steroid dienone is 4. The van der Waals surface area contributed by atoms with E-state index in [1.165, 1.54) is 0 Å². The van der Waals surface area contributed by atoms with E-state index in [1.807, 2.05) is 32.5 Å². The average Bonchev–Trinajstić information content (AvgIpc) is 2.34. The van der Waals surface area contributed by atoms with Crippen LogP contribution in [-0.4, -0.2) is 25.3 Å². The van der Waals surface area contributed by atoms with Gasteiger partial charge in [0.05, 0.1) is 0 Å². The van der Waals surface area contributed by atoms with Gasteiger partial charge in [0.15, 0.2) is 0 Å². The molecule has 0 fully saturated rings. The molecule has 0 heterocycles. The first-order valence-corrected chi connectivity index (χ1v) is 3.35. The third-order valence-electron chi connectivity index (χ3n) is 1.25. The molecule has 0 aromatic heterocycles. The average molecular weight is 136 g/mol. The van der Waals surface area contributed by atoms with Crippen molar-refractivity contribution in [2.75, 3.05) is 14.1 Å². The fraction of sp³-hybridized carbons (Fsp3) is 0.375. The van der Waals surface area contributed by atoms with E-state index in [9.17, 15) is 0 Å². The lowest BCUT2D eigenvalue weighted by Crippen LogP contribution is -2.03. The van der Waals surface area contributed by atoms with E-state index in [0.717, 1.165) is 0 Å². The van der Waals surface area contributed by atoms with Crippen LogP contribution in [0.3, 0.4) is 0 Å². The molecule has 10 heavy (non-hydrogen) atoms. The minimum Gasteiger partial charge on any atom is -0.303 e. The molecule has 1 aliphatic carbocycles. The highest BCUT2D eigenvalue weighted by molar-refractivity contribution is 5.67. The topological polar surface area (TPSA) is 15.6 Å². The Labute approximate surface area is 61.5 Å². The number of hydrogen-bond acceptors (Lipinski definition) is 2. The second kappa shape index (κ2) is 3.20. The van der Waals surface area contributed by atoms with Gasteiger partial charge in [-0.05, 0) is 0 Å². The standard InChI is InChI=1S/C8H12N2/c1-10(2)9-7-8-5-3-4-6-8/h3-8H,1-2H3/b9-7+. The highest BCUT2D eigenvalue weighted by Gasteiger charge is 1.97. The monoisotopic (exact) mass is 136 g/mol. The van der Waals surface area contributed by atoms with Crippen molar-refractivity contribution in [3.8, 4) is 0 Å². The number of rotatable bonds is 2. The van der Waals surface area contributed by atoms with Crippen molar-refractivity contribution in [2.45, 2.75) is 0 Å². The first-order chi connectivity index (χ1) is 4.79. The minimum atomic E-state index is 0.405. The van der Waals surface area contributed by atoms with Gasteiger partial charge in [0, 0.05) is 26.2 Å². The van der Waals surface area contributed by atoms with Crippen LogP contribution in [0.2, 0.25) is 0 Å². The van der Waals surface area contributed by atoms with E-state index in [1.54, 1.807) is 5.01 Å². The zero-order valence-corrected chi connectivity index (χ0v) is 6.36. The maximum Gasteiger partial charge on any atom is 0.0351 e. The maximum absolute atomic E-state index is 4.11. The van der Waals surface area contributed by atoms with Gasteiger partial charge < -0.3 is 5.01 Å².